The van der Waals surface area contributed by atoms with Crippen molar-refractivity contribution < 1.29 is 19.0 Å². The monoisotopic (exact) mass is 292 g/mol. The number of carbonyl (C=O) groups is 1. The van der Waals surface area contributed by atoms with Crippen molar-refractivity contribution in [3.8, 4) is 5.75 Å². The maximum atomic E-state index is 13.3. The normalized spacial score (nSPS) is 10.9. The molecule has 1 heterocycles. The van der Waals surface area contributed by atoms with E-state index in [1.54, 1.807) is 19.1 Å². The molecule has 20 heavy (non-hydrogen) atoms. The van der Waals surface area contributed by atoms with E-state index in [4.69, 9.17) is 9.84 Å². The molecule has 0 aliphatic heterocycles. The van der Waals surface area contributed by atoms with Crippen molar-refractivity contribution in [2.24, 2.45) is 0 Å². The van der Waals surface area contributed by atoms with E-state index in [9.17, 15) is 9.18 Å². The number of rotatable bonds is 5. The smallest absolute Gasteiger partial charge is 0.328 e. The highest BCUT2D eigenvalue weighted by Gasteiger charge is 2.03. The van der Waals surface area contributed by atoms with Gasteiger partial charge in [-0.05, 0) is 41.6 Å². The van der Waals surface area contributed by atoms with Crippen molar-refractivity contribution >= 4 is 23.4 Å². The lowest BCUT2D eigenvalue weighted by Gasteiger charge is -2.05. The van der Waals surface area contributed by atoms with Gasteiger partial charge in [0.2, 0.25) is 0 Å². The molecule has 1 aromatic carbocycles. The van der Waals surface area contributed by atoms with Gasteiger partial charge in [-0.3, -0.25) is 0 Å². The first-order valence-corrected chi connectivity index (χ1v) is 6.80. The molecule has 2 rings (SSSR count). The molecule has 0 radical (unpaired) electrons. The number of benzene rings is 1. The maximum Gasteiger partial charge on any atom is 0.328 e. The standard InChI is InChI=1S/C15H13FO3S/c1-10-2-4-12(7-14(10)16)19-8-13-6-11(9-20-13)3-5-15(17)18/h2-7,9H,8H2,1H3,(H,17,18)/b5-3+. The SMILES string of the molecule is Cc1ccc(OCc2cc(/C=C/C(=O)O)cs2)cc1F. The van der Waals surface area contributed by atoms with Crippen LogP contribution in [0.3, 0.4) is 0 Å². The van der Waals surface area contributed by atoms with Crippen LogP contribution in [-0.2, 0) is 11.4 Å². The number of ether oxygens (including phenoxy) is 1. The summed E-state index contributed by atoms with van der Waals surface area (Å²) in [6.07, 6.45) is 2.61. The van der Waals surface area contributed by atoms with Crippen LogP contribution in [0.1, 0.15) is 16.0 Å². The van der Waals surface area contributed by atoms with Crippen molar-refractivity contribution in [2.75, 3.05) is 0 Å². The molecule has 5 heteroatoms. The predicted molar refractivity (Wildman–Crippen MR) is 76.5 cm³/mol. The molecule has 0 bridgehead atoms. The Morgan fingerprint density at radius 2 is 2.25 bits per heavy atom. The Hall–Kier alpha value is -2.14. The van der Waals surface area contributed by atoms with Crippen LogP contribution in [0, 0.1) is 12.7 Å². The zero-order valence-corrected chi connectivity index (χ0v) is 11.6. The first-order valence-electron chi connectivity index (χ1n) is 5.92. The molecule has 2 aromatic rings. The summed E-state index contributed by atoms with van der Waals surface area (Å²) in [4.78, 5) is 11.3. The van der Waals surface area contributed by atoms with E-state index in [-0.39, 0.29) is 5.82 Å². The molecule has 0 spiro atoms. The lowest BCUT2D eigenvalue weighted by Crippen LogP contribution is -1.94. The molecule has 0 saturated heterocycles. The van der Waals surface area contributed by atoms with Crippen molar-refractivity contribution in [2.45, 2.75) is 13.5 Å². The number of hydrogen-bond acceptors (Lipinski definition) is 3. The van der Waals surface area contributed by atoms with E-state index >= 15 is 0 Å². The van der Waals surface area contributed by atoms with Crippen molar-refractivity contribution in [1.29, 1.82) is 0 Å². The lowest BCUT2D eigenvalue weighted by molar-refractivity contribution is -0.131. The quantitative estimate of drug-likeness (QED) is 0.851. The van der Waals surface area contributed by atoms with Gasteiger partial charge < -0.3 is 9.84 Å². The van der Waals surface area contributed by atoms with Gasteiger partial charge in [0.1, 0.15) is 18.2 Å². The van der Waals surface area contributed by atoms with Gasteiger partial charge in [-0.15, -0.1) is 11.3 Å². The topological polar surface area (TPSA) is 46.5 Å². The third kappa shape index (κ3) is 3.93. The Balaban J connectivity index is 1.97. The van der Waals surface area contributed by atoms with Gasteiger partial charge in [0.05, 0.1) is 0 Å². The van der Waals surface area contributed by atoms with E-state index in [1.165, 1.54) is 23.5 Å². The number of thiophene rings is 1. The average molecular weight is 292 g/mol. The van der Waals surface area contributed by atoms with Gasteiger partial charge in [-0.2, -0.15) is 0 Å². The maximum absolute atomic E-state index is 13.3. The van der Waals surface area contributed by atoms with Gasteiger partial charge in [-0.1, -0.05) is 6.07 Å². The Morgan fingerprint density at radius 1 is 1.45 bits per heavy atom. The lowest BCUT2D eigenvalue weighted by atomic mass is 10.2. The van der Waals surface area contributed by atoms with E-state index in [0.29, 0.717) is 17.9 Å². The highest BCUT2D eigenvalue weighted by Crippen LogP contribution is 2.20. The van der Waals surface area contributed by atoms with E-state index in [0.717, 1.165) is 16.5 Å². The molecule has 0 aliphatic carbocycles. The Kier molecular flexibility index (Phi) is 4.53. The van der Waals surface area contributed by atoms with Crippen molar-refractivity contribution in [3.63, 3.8) is 0 Å². The van der Waals surface area contributed by atoms with E-state index in [2.05, 4.69) is 0 Å². The summed E-state index contributed by atoms with van der Waals surface area (Å²) in [5, 5.41) is 10.4. The molecule has 3 nitrogen and oxygen atoms in total. The highest BCUT2D eigenvalue weighted by molar-refractivity contribution is 7.10. The summed E-state index contributed by atoms with van der Waals surface area (Å²) in [5.74, 6) is -0.799. The molecule has 104 valence electrons. The molecule has 0 saturated carbocycles. The first-order chi connectivity index (χ1) is 9.54. The zero-order valence-electron chi connectivity index (χ0n) is 10.8. The number of hydrogen-bond donors (Lipinski definition) is 1. The average Bonchev–Trinajstić information content (AvgIpc) is 2.86. The second kappa shape index (κ2) is 6.34. The van der Waals surface area contributed by atoms with Gasteiger partial charge in [0.25, 0.3) is 0 Å². The minimum absolute atomic E-state index is 0.293. The second-order valence-electron chi connectivity index (χ2n) is 4.22. The largest absolute Gasteiger partial charge is 0.488 e. The van der Waals surface area contributed by atoms with Crippen LogP contribution in [0.4, 0.5) is 4.39 Å². The molecule has 1 aromatic heterocycles. The highest BCUT2D eigenvalue weighted by atomic mass is 32.1. The Morgan fingerprint density at radius 3 is 2.95 bits per heavy atom. The number of carboxylic acid groups (broad SMARTS) is 1. The second-order valence-corrected chi connectivity index (χ2v) is 5.21. The predicted octanol–water partition coefficient (Wildman–Crippen LogP) is 3.87. The number of halogens is 1. The molecule has 0 atom stereocenters. The summed E-state index contributed by atoms with van der Waals surface area (Å²) in [7, 11) is 0. The van der Waals surface area contributed by atoms with Crippen molar-refractivity contribution in [3.05, 3.63) is 57.5 Å². The summed E-state index contributed by atoms with van der Waals surface area (Å²) in [6.45, 7) is 2.02. The minimum Gasteiger partial charge on any atom is -0.488 e. The summed E-state index contributed by atoms with van der Waals surface area (Å²) in [5.41, 5.74) is 1.39. The van der Waals surface area contributed by atoms with Crippen LogP contribution < -0.4 is 4.74 Å². The fourth-order valence-corrected chi connectivity index (χ4v) is 2.31. The fourth-order valence-electron chi connectivity index (χ4n) is 1.55. The molecule has 0 amide bonds. The summed E-state index contributed by atoms with van der Waals surface area (Å²) < 4.78 is 18.8. The van der Waals surface area contributed by atoms with Crippen LogP contribution in [0.2, 0.25) is 0 Å². The fraction of sp³-hybridized carbons (Fsp3) is 0.133. The van der Waals surface area contributed by atoms with Gasteiger partial charge >= 0.3 is 5.97 Å². The third-order valence-electron chi connectivity index (χ3n) is 2.62. The minimum atomic E-state index is -0.982. The first kappa shape index (κ1) is 14.3. The van der Waals surface area contributed by atoms with Gasteiger partial charge in [0, 0.05) is 17.0 Å². The van der Waals surface area contributed by atoms with Crippen LogP contribution in [0.25, 0.3) is 6.08 Å². The Labute approximate surface area is 119 Å². The number of carboxylic acids is 1. The third-order valence-corrected chi connectivity index (χ3v) is 3.55. The number of aliphatic carboxylic acids is 1. The summed E-state index contributed by atoms with van der Waals surface area (Å²) in [6, 6.07) is 6.58. The van der Waals surface area contributed by atoms with Crippen LogP contribution >= 0.6 is 11.3 Å². The molecule has 1 N–H and O–H groups in total. The van der Waals surface area contributed by atoms with E-state index < -0.39 is 5.97 Å². The van der Waals surface area contributed by atoms with Crippen LogP contribution in [0.15, 0.2) is 35.7 Å². The van der Waals surface area contributed by atoms with E-state index in [1.807, 2.05) is 11.4 Å². The zero-order chi connectivity index (χ0) is 14.5. The molecule has 0 fully saturated rings. The summed E-state index contributed by atoms with van der Waals surface area (Å²) >= 11 is 1.46. The molecular formula is C15H13FO3S. The molecule has 0 aliphatic rings. The van der Waals surface area contributed by atoms with Crippen LogP contribution in [0.5, 0.6) is 5.75 Å². The number of aryl methyl sites for hydroxylation is 1. The van der Waals surface area contributed by atoms with Gasteiger partial charge in [-0.25, -0.2) is 9.18 Å². The molecule has 0 unspecified atom stereocenters. The van der Waals surface area contributed by atoms with Crippen molar-refractivity contribution in [1.82, 2.24) is 0 Å². The van der Waals surface area contributed by atoms with Crippen LogP contribution in [-0.4, -0.2) is 11.1 Å². The Bertz CT molecular complexity index is 646. The molecular weight excluding hydrogens is 279 g/mol. The van der Waals surface area contributed by atoms with Gasteiger partial charge in [0.15, 0.2) is 0 Å².